The van der Waals surface area contributed by atoms with Gasteiger partial charge in [-0.1, -0.05) is 0 Å². The Morgan fingerprint density at radius 2 is 2.12 bits per heavy atom. The molecule has 3 rings (SSSR count). The predicted molar refractivity (Wildman–Crippen MR) is 84.3 cm³/mol. The predicted octanol–water partition coefficient (Wildman–Crippen LogP) is -1.37. The highest BCUT2D eigenvalue weighted by Crippen LogP contribution is 2.33. The molecule has 25 heavy (non-hydrogen) atoms. The van der Waals surface area contributed by atoms with Gasteiger partial charge in [0.1, 0.15) is 12.4 Å². The number of nitrogens with zero attached hydrogens (tertiary/aromatic N) is 2. The molecule has 0 aliphatic carbocycles. The third kappa shape index (κ3) is 3.06. The number of esters is 1. The van der Waals surface area contributed by atoms with Crippen LogP contribution >= 0.6 is 0 Å². The van der Waals surface area contributed by atoms with E-state index in [4.69, 9.17) is 10.5 Å². The van der Waals surface area contributed by atoms with Crippen LogP contribution in [-0.2, 0) is 32.1 Å². The molecule has 11 heteroatoms. The van der Waals surface area contributed by atoms with Gasteiger partial charge in [0, 0.05) is 12.1 Å². The maximum absolute atomic E-state index is 12.2. The van der Waals surface area contributed by atoms with Gasteiger partial charge in [0.25, 0.3) is 11.6 Å². The average Bonchev–Trinajstić information content (AvgIpc) is 2.58. The van der Waals surface area contributed by atoms with Crippen molar-refractivity contribution in [1.82, 2.24) is 4.90 Å². The van der Waals surface area contributed by atoms with Gasteiger partial charge in [-0.2, -0.15) is 0 Å². The van der Waals surface area contributed by atoms with E-state index in [1.54, 1.807) is 0 Å². The van der Waals surface area contributed by atoms with E-state index in [0.29, 0.717) is 5.56 Å². The quantitative estimate of drug-likeness (QED) is 0.216. The molecule has 3 unspecified atom stereocenters. The van der Waals surface area contributed by atoms with Crippen molar-refractivity contribution in [2.24, 2.45) is 5.73 Å². The van der Waals surface area contributed by atoms with Crippen molar-refractivity contribution in [3.63, 3.8) is 0 Å². The molecule has 3 N–H and O–H groups in total. The lowest BCUT2D eigenvalue weighted by atomic mass is 10.0. The first-order valence-corrected chi connectivity index (χ1v) is 8.67. The number of benzene rings is 1. The summed E-state index contributed by atoms with van der Waals surface area (Å²) in [6.07, 6.45) is 0. The number of amides is 1. The summed E-state index contributed by atoms with van der Waals surface area (Å²) < 4.78 is 17.1. The van der Waals surface area contributed by atoms with Crippen molar-refractivity contribution in [3.8, 4) is 0 Å². The summed E-state index contributed by atoms with van der Waals surface area (Å²) in [7, 11) is 0. The smallest absolute Gasteiger partial charge is 0.345 e. The standard InChI is InChI=1S/C14H15N3O7S/c15-10-11(18)16-6-14(20,7-25(23)12(10)16)13(19)24-5-8-1-3-9(4-2-8)17(21)22/h1-4,10,12,20H,5-7,15H2/t10?,12-,14?,25?/m1/s1. The first-order valence-electron chi connectivity index (χ1n) is 7.29. The van der Waals surface area contributed by atoms with Crippen molar-refractivity contribution in [1.29, 1.82) is 0 Å². The van der Waals surface area contributed by atoms with E-state index in [0.717, 1.165) is 4.90 Å². The fraction of sp³-hybridized carbons (Fsp3) is 0.429. The summed E-state index contributed by atoms with van der Waals surface area (Å²) in [6, 6.07) is 4.49. The summed E-state index contributed by atoms with van der Waals surface area (Å²) >= 11 is -1.67. The third-order valence-electron chi connectivity index (χ3n) is 4.16. The van der Waals surface area contributed by atoms with E-state index in [1.165, 1.54) is 24.3 Å². The molecule has 10 nitrogen and oxygen atoms in total. The first-order chi connectivity index (χ1) is 11.7. The van der Waals surface area contributed by atoms with Gasteiger partial charge in [-0.15, -0.1) is 0 Å². The number of nitro groups is 1. The molecule has 1 aromatic rings. The van der Waals surface area contributed by atoms with Crippen LogP contribution < -0.4 is 5.73 Å². The van der Waals surface area contributed by atoms with Crippen molar-refractivity contribution >= 4 is 28.7 Å². The van der Waals surface area contributed by atoms with Gasteiger partial charge < -0.3 is 20.1 Å². The second-order valence-electron chi connectivity index (χ2n) is 5.94. The second-order valence-corrected chi connectivity index (χ2v) is 7.47. The third-order valence-corrected chi connectivity index (χ3v) is 6.01. The number of rotatable bonds is 4. The Hall–Kier alpha value is -2.21. The zero-order valence-electron chi connectivity index (χ0n) is 12.9. The number of hydrogen-bond acceptors (Lipinski definition) is 8. The molecule has 2 saturated heterocycles. The van der Waals surface area contributed by atoms with Crippen LogP contribution in [0.2, 0.25) is 0 Å². The number of β-lactam (4-membered cyclic amide) rings is 1. The molecule has 1 amide bonds. The van der Waals surface area contributed by atoms with E-state index in [2.05, 4.69) is 0 Å². The highest BCUT2D eigenvalue weighted by Gasteiger charge is 2.62. The molecule has 1 aromatic carbocycles. The van der Waals surface area contributed by atoms with Gasteiger partial charge in [-0.05, 0) is 28.9 Å². The SMILES string of the molecule is NC1C(=O)N2CC(O)(C(=O)OCc3ccc([N+](=O)[O-])cc3)C[S+]([O-])[C@H]12. The topological polar surface area (TPSA) is 159 Å². The Kier molecular flexibility index (Phi) is 4.41. The minimum absolute atomic E-state index is 0.102. The monoisotopic (exact) mass is 369 g/mol. The molecule has 0 radical (unpaired) electrons. The number of nitrogens with two attached hydrogens (primary N) is 1. The number of aliphatic hydroxyl groups is 1. The summed E-state index contributed by atoms with van der Waals surface area (Å²) in [6.45, 7) is -0.544. The number of non-ortho nitro benzene ring substituents is 1. The van der Waals surface area contributed by atoms with Crippen LogP contribution in [0.4, 0.5) is 5.69 Å². The molecule has 2 fully saturated rings. The normalized spacial score (nSPS) is 31.1. The molecule has 0 aromatic heterocycles. The van der Waals surface area contributed by atoms with E-state index < -0.39 is 45.0 Å². The number of carbonyl (C=O) groups is 2. The molecule has 0 saturated carbocycles. The highest BCUT2D eigenvalue weighted by molar-refractivity contribution is 7.92. The minimum atomic E-state index is -2.07. The number of ether oxygens (including phenoxy) is 1. The maximum Gasteiger partial charge on any atom is 0.345 e. The lowest BCUT2D eigenvalue weighted by Gasteiger charge is -2.51. The van der Waals surface area contributed by atoms with Crippen LogP contribution in [-0.4, -0.2) is 60.7 Å². The Morgan fingerprint density at radius 1 is 1.48 bits per heavy atom. The molecule has 0 spiro atoms. The Labute approximate surface area is 144 Å². The Morgan fingerprint density at radius 3 is 2.72 bits per heavy atom. The zero-order chi connectivity index (χ0) is 18.4. The number of fused-ring (bicyclic) bond motifs is 1. The fourth-order valence-electron chi connectivity index (χ4n) is 2.79. The Balaban J connectivity index is 1.62. The van der Waals surface area contributed by atoms with Crippen LogP contribution in [0.25, 0.3) is 0 Å². The molecular weight excluding hydrogens is 354 g/mol. The molecule has 0 bridgehead atoms. The fourth-order valence-corrected chi connectivity index (χ4v) is 4.55. The van der Waals surface area contributed by atoms with Crippen LogP contribution in [0.15, 0.2) is 24.3 Å². The molecule has 2 aliphatic heterocycles. The molecule has 134 valence electrons. The highest BCUT2D eigenvalue weighted by atomic mass is 32.2. The van der Waals surface area contributed by atoms with Crippen molar-refractivity contribution in [3.05, 3.63) is 39.9 Å². The zero-order valence-corrected chi connectivity index (χ0v) is 13.7. The van der Waals surface area contributed by atoms with Crippen LogP contribution in [0.3, 0.4) is 0 Å². The van der Waals surface area contributed by atoms with Gasteiger partial charge in [-0.25, -0.2) is 4.79 Å². The summed E-state index contributed by atoms with van der Waals surface area (Å²) in [5.41, 5.74) is 3.88. The Bertz CT molecular complexity index is 728. The molecule has 4 atom stereocenters. The van der Waals surface area contributed by atoms with E-state index in [-0.39, 0.29) is 24.6 Å². The van der Waals surface area contributed by atoms with Crippen molar-refractivity contribution in [2.45, 2.75) is 23.6 Å². The molecule has 2 aliphatic rings. The van der Waals surface area contributed by atoms with Gasteiger partial charge in [0.05, 0.1) is 11.5 Å². The summed E-state index contributed by atoms with van der Waals surface area (Å²) in [5, 5.41) is 20.3. The van der Waals surface area contributed by atoms with E-state index >= 15 is 0 Å². The van der Waals surface area contributed by atoms with E-state index in [1.807, 2.05) is 0 Å². The van der Waals surface area contributed by atoms with Crippen LogP contribution in [0, 0.1) is 10.1 Å². The number of hydrogen-bond donors (Lipinski definition) is 2. The first kappa shape index (κ1) is 17.6. The second kappa shape index (κ2) is 6.26. The van der Waals surface area contributed by atoms with Gasteiger partial charge in [-0.3, -0.25) is 19.8 Å². The largest absolute Gasteiger partial charge is 0.615 e. The summed E-state index contributed by atoms with van der Waals surface area (Å²) in [4.78, 5) is 35.0. The molecule has 2 heterocycles. The average molecular weight is 369 g/mol. The van der Waals surface area contributed by atoms with Gasteiger partial charge in [0.2, 0.25) is 11.0 Å². The van der Waals surface area contributed by atoms with Gasteiger partial charge >= 0.3 is 5.97 Å². The minimum Gasteiger partial charge on any atom is -0.615 e. The number of carbonyl (C=O) groups excluding carboxylic acids is 2. The number of nitro benzene ring substituents is 1. The van der Waals surface area contributed by atoms with Crippen LogP contribution in [0.5, 0.6) is 0 Å². The van der Waals surface area contributed by atoms with Crippen LogP contribution in [0.1, 0.15) is 5.56 Å². The van der Waals surface area contributed by atoms with Gasteiger partial charge in [0.15, 0.2) is 6.04 Å². The van der Waals surface area contributed by atoms with Crippen molar-refractivity contribution in [2.75, 3.05) is 12.3 Å². The van der Waals surface area contributed by atoms with E-state index in [9.17, 15) is 29.4 Å². The summed E-state index contributed by atoms with van der Waals surface area (Å²) in [5.74, 6) is -1.85. The van der Waals surface area contributed by atoms with Crippen molar-refractivity contribution < 1.29 is 28.9 Å². The molecular formula is C14H15N3O7S. The maximum atomic E-state index is 12.2. The lowest BCUT2D eigenvalue weighted by molar-refractivity contribution is -0.384. The lowest BCUT2D eigenvalue weighted by Crippen LogP contribution is -2.78.